The van der Waals surface area contributed by atoms with Crippen LogP contribution in [0.2, 0.25) is 0 Å². The van der Waals surface area contributed by atoms with Gasteiger partial charge in [0.05, 0.1) is 0 Å². The molecular formula is C44H22N10. The molecule has 248 valence electrons. The number of hydrogen-bond acceptors (Lipinski definition) is 10. The van der Waals surface area contributed by atoms with E-state index in [1.54, 1.807) is 9.80 Å². The molecular weight excluding hydrogens is 669 g/mol. The molecule has 0 aliphatic carbocycles. The van der Waals surface area contributed by atoms with E-state index in [4.69, 9.17) is 0 Å². The number of anilines is 6. The lowest BCUT2D eigenvalue weighted by molar-refractivity contribution is 0.965. The molecule has 0 atom stereocenters. The van der Waals surface area contributed by atoms with E-state index in [-0.39, 0.29) is 46.0 Å². The standard InChI is InChI=1S/C44H22N10/c45-23-37-39(25-47)51-43-41(49-37)53(35-17-13-29(14-18-35)33-11-9-27-5-1-3-7-31(27)21-33)42-44(52-40(26-48)38(24-46)50-42)54(43)36-19-15-30(16-20-36)34-12-10-28-6-2-4-8-32(28)22-34/h1-22H. The molecule has 3 heterocycles. The maximum atomic E-state index is 10.0. The molecule has 0 spiro atoms. The Balaban J connectivity index is 1.21. The van der Waals surface area contributed by atoms with Crippen LogP contribution in [0.5, 0.6) is 0 Å². The smallest absolute Gasteiger partial charge is 0.184 e. The summed E-state index contributed by atoms with van der Waals surface area (Å²) in [6.45, 7) is 0. The van der Waals surface area contributed by atoms with Crippen LogP contribution in [0.3, 0.4) is 0 Å². The Kier molecular flexibility index (Phi) is 7.42. The van der Waals surface area contributed by atoms with Gasteiger partial charge in [0.1, 0.15) is 24.3 Å². The van der Waals surface area contributed by atoms with Crippen LogP contribution in [-0.2, 0) is 0 Å². The summed E-state index contributed by atoms with van der Waals surface area (Å²) in [5, 5.41) is 44.7. The first-order valence-corrected chi connectivity index (χ1v) is 16.8. The monoisotopic (exact) mass is 690 g/mol. The lowest BCUT2D eigenvalue weighted by Crippen LogP contribution is -2.29. The molecule has 8 aromatic rings. The molecule has 2 aromatic heterocycles. The highest BCUT2D eigenvalue weighted by Gasteiger charge is 2.38. The lowest BCUT2D eigenvalue weighted by Gasteiger charge is -2.36. The summed E-state index contributed by atoms with van der Waals surface area (Å²) in [6, 6.07) is 52.2. The normalized spacial score (nSPS) is 11.6. The van der Waals surface area contributed by atoms with Crippen molar-refractivity contribution in [2.24, 2.45) is 0 Å². The summed E-state index contributed by atoms with van der Waals surface area (Å²) in [5.74, 6) is 0.770. The fourth-order valence-electron chi connectivity index (χ4n) is 6.78. The highest BCUT2D eigenvalue weighted by molar-refractivity contribution is 5.97. The maximum absolute atomic E-state index is 10.0. The first kappa shape index (κ1) is 31.5. The zero-order chi connectivity index (χ0) is 36.8. The van der Waals surface area contributed by atoms with E-state index < -0.39 is 0 Å². The Hall–Kier alpha value is -8.44. The Morgan fingerprint density at radius 1 is 0.333 bits per heavy atom. The van der Waals surface area contributed by atoms with Gasteiger partial charge in [-0.1, -0.05) is 97.1 Å². The number of nitriles is 4. The minimum absolute atomic E-state index is 0.175. The summed E-state index contributed by atoms with van der Waals surface area (Å²) in [7, 11) is 0. The minimum atomic E-state index is -0.175. The van der Waals surface area contributed by atoms with E-state index in [0.717, 1.165) is 43.8 Å². The molecule has 0 bridgehead atoms. The topological polar surface area (TPSA) is 153 Å². The number of nitrogens with zero attached hydrogens (tertiary/aromatic N) is 10. The van der Waals surface area contributed by atoms with Crippen LogP contribution in [0.25, 0.3) is 43.8 Å². The molecule has 0 radical (unpaired) electrons. The zero-order valence-electron chi connectivity index (χ0n) is 28.2. The van der Waals surface area contributed by atoms with Gasteiger partial charge in [0.25, 0.3) is 0 Å². The van der Waals surface area contributed by atoms with Crippen molar-refractivity contribution in [2.45, 2.75) is 0 Å². The van der Waals surface area contributed by atoms with Crippen molar-refractivity contribution in [3.8, 4) is 46.5 Å². The largest absolute Gasteiger partial charge is 0.273 e. The molecule has 0 unspecified atom stereocenters. The Morgan fingerprint density at radius 2 is 0.630 bits per heavy atom. The number of hydrogen-bond donors (Lipinski definition) is 0. The van der Waals surface area contributed by atoms with Gasteiger partial charge < -0.3 is 0 Å². The van der Waals surface area contributed by atoms with Gasteiger partial charge in [-0.2, -0.15) is 21.0 Å². The molecule has 9 rings (SSSR count). The maximum Gasteiger partial charge on any atom is 0.184 e. The van der Waals surface area contributed by atoms with Gasteiger partial charge >= 0.3 is 0 Å². The second-order valence-electron chi connectivity index (χ2n) is 12.5. The molecule has 0 saturated heterocycles. The van der Waals surface area contributed by atoms with Gasteiger partial charge in [-0.25, -0.2) is 19.9 Å². The zero-order valence-corrected chi connectivity index (χ0v) is 28.2. The summed E-state index contributed by atoms with van der Waals surface area (Å²) in [5.41, 5.74) is 4.43. The molecule has 0 fully saturated rings. The van der Waals surface area contributed by atoms with E-state index in [2.05, 4.69) is 80.6 Å². The van der Waals surface area contributed by atoms with Gasteiger partial charge in [-0.15, -0.1) is 0 Å². The third kappa shape index (κ3) is 5.17. The predicted octanol–water partition coefficient (Wildman–Crippen LogP) is 9.65. The van der Waals surface area contributed by atoms with Gasteiger partial charge in [0.15, 0.2) is 46.0 Å². The van der Waals surface area contributed by atoms with Crippen LogP contribution >= 0.6 is 0 Å². The molecule has 1 aliphatic heterocycles. The van der Waals surface area contributed by atoms with E-state index in [1.807, 2.05) is 97.1 Å². The number of fused-ring (bicyclic) bond motifs is 4. The number of aromatic nitrogens is 4. The number of benzene rings is 6. The van der Waals surface area contributed by atoms with E-state index in [1.165, 1.54) is 0 Å². The average molecular weight is 691 g/mol. The molecule has 6 aromatic carbocycles. The van der Waals surface area contributed by atoms with Gasteiger partial charge in [0, 0.05) is 11.4 Å². The first-order valence-electron chi connectivity index (χ1n) is 16.8. The third-order valence-corrected chi connectivity index (χ3v) is 9.41. The van der Waals surface area contributed by atoms with E-state index >= 15 is 0 Å². The highest BCUT2D eigenvalue weighted by Crippen LogP contribution is 2.51. The van der Waals surface area contributed by atoms with Gasteiger partial charge in [-0.3, -0.25) is 9.80 Å². The Bertz CT molecular complexity index is 2710. The second kappa shape index (κ2) is 12.7. The number of rotatable bonds is 4. The molecule has 0 amide bonds. The Morgan fingerprint density at radius 3 is 0.944 bits per heavy atom. The lowest BCUT2D eigenvalue weighted by atomic mass is 10.0. The van der Waals surface area contributed by atoms with Crippen molar-refractivity contribution in [3.63, 3.8) is 0 Å². The molecule has 1 aliphatic rings. The van der Waals surface area contributed by atoms with Crippen LogP contribution < -0.4 is 9.80 Å². The van der Waals surface area contributed by atoms with Crippen LogP contribution in [0, 0.1) is 45.3 Å². The first-order chi connectivity index (χ1) is 26.6. The van der Waals surface area contributed by atoms with Crippen molar-refractivity contribution in [1.82, 2.24) is 19.9 Å². The van der Waals surface area contributed by atoms with Crippen molar-refractivity contribution >= 4 is 56.2 Å². The molecule has 0 saturated carbocycles. The predicted molar refractivity (Wildman–Crippen MR) is 205 cm³/mol. The minimum Gasteiger partial charge on any atom is -0.273 e. The van der Waals surface area contributed by atoms with Crippen LogP contribution in [0.15, 0.2) is 133 Å². The fourth-order valence-corrected chi connectivity index (χ4v) is 6.78. The summed E-state index contributed by atoms with van der Waals surface area (Å²) in [4.78, 5) is 22.0. The summed E-state index contributed by atoms with van der Waals surface area (Å²) >= 11 is 0. The van der Waals surface area contributed by atoms with Gasteiger partial charge in [0.2, 0.25) is 0 Å². The Labute approximate surface area is 309 Å². The summed E-state index contributed by atoms with van der Waals surface area (Å²) < 4.78 is 0. The van der Waals surface area contributed by atoms with Crippen molar-refractivity contribution in [3.05, 3.63) is 156 Å². The van der Waals surface area contributed by atoms with Crippen molar-refractivity contribution in [2.75, 3.05) is 9.80 Å². The van der Waals surface area contributed by atoms with Crippen molar-refractivity contribution in [1.29, 1.82) is 21.0 Å². The van der Waals surface area contributed by atoms with Gasteiger partial charge in [-0.05, 0) is 80.2 Å². The SMILES string of the molecule is N#Cc1nc2c(nc1C#N)N(c1ccc(-c3ccc4ccccc4c3)cc1)c1nc(C#N)c(C#N)nc1N2c1ccc(-c2ccc3ccccc3c2)cc1. The van der Waals surface area contributed by atoms with Crippen molar-refractivity contribution < 1.29 is 0 Å². The highest BCUT2D eigenvalue weighted by atomic mass is 15.4. The fraction of sp³-hybridized carbons (Fsp3) is 0. The van der Waals surface area contributed by atoms with E-state index in [0.29, 0.717) is 11.4 Å². The molecule has 10 heteroatoms. The van der Waals surface area contributed by atoms with Crippen LogP contribution in [0.1, 0.15) is 22.8 Å². The quantitative estimate of drug-likeness (QED) is 0.174. The second-order valence-corrected chi connectivity index (χ2v) is 12.5. The summed E-state index contributed by atoms with van der Waals surface area (Å²) in [6.07, 6.45) is 0. The molecule has 54 heavy (non-hydrogen) atoms. The molecule has 0 N–H and O–H groups in total. The molecule has 10 nitrogen and oxygen atoms in total. The third-order valence-electron chi connectivity index (χ3n) is 9.41. The van der Waals surface area contributed by atoms with Crippen LogP contribution in [-0.4, -0.2) is 19.9 Å². The average Bonchev–Trinajstić information content (AvgIpc) is 3.24. The van der Waals surface area contributed by atoms with Crippen LogP contribution in [0.4, 0.5) is 34.6 Å². The van der Waals surface area contributed by atoms with E-state index in [9.17, 15) is 21.0 Å².